The number of carbonyl (C=O) groups is 2. The fourth-order valence-electron chi connectivity index (χ4n) is 4.71. The van der Waals surface area contributed by atoms with Crippen LogP contribution in [-0.4, -0.2) is 59.9 Å². The van der Waals surface area contributed by atoms with Crippen LogP contribution in [0.5, 0.6) is 0 Å². The number of nitrogens with zero attached hydrogens (tertiary/aromatic N) is 2. The zero-order valence-corrected chi connectivity index (χ0v) is 18.7. The third-order valence-electron chi connectivity index (χ3n) is 6.59. The topological polar surface area (TPSA) is 52.7 Å². The molecule has 2 aliphatic rings. The molecule has 0 saturated carbocycles. The van der Waals surface area contributed by atoms with Crippen molar-refractivity contribution in [3.05, 3.63) is 107 Å². The molecule has 3 aromatic carbocycles. The smallest absolute Gasteiger partial charge is 0.253 e. The molecule has 2 fully saturated rings. The number of benzene rings is 3. The number of carbonyl (C=O) groups excluding carboxylic acids is 2. The van der Waals surface area contributed by atoms with E-state index in [9.17, 15) is 9.59 Å². The van der Waals surface area contributed by atoms with Crippen molar-refractivity contribution in [3.63, 3.8) is 0 Å². The van der Waals surface area contributed by atoms with Gasteiger partial charge in [0, 0.05) is 49.4 Å². The Kier molecular flexibility index (Phi) is 6.22. The highest BCUT2D eigenvalue weighted by molar-refractivity contribution is 5.95. The van der Waals surface area contributed by atoms with Gasteiger partial charge in [-0.05, 0) is 48.2 Å². The molecule has 5 rings (SSSR count). The van der Waals surface area contributed by atoms with Crippen molar-refractivity contribution in [1.82, 2.24) is 15.1 Å². The van der Waals surface area contributed by atoms with Crippen LogP contribution in [0.3, 0.4) is 0 Å². The van der Waals surface area contributed by atoms with E-state index in [0.29, 0.717) is 19.1 Å². The Balaban J connectivity index is 1.08. The maximum Gasteiger partial charge on any atom is 0.253 e. The maximum absolute atomic E-state index is 12.8. The van der Waals surface area contributed by atoms with Gasteiger partial charge in [-0.25, -0.2) is 0 Å². The van der Waals surface area contributed by atoms with Crippen LogP contribution in [0.1, 0.15) is 38.3 Å². The third-order valence-corrected chi connectivity index (χ3v) is 6.59. The van der Waals surface area contributed by atoms with Gasteiger partial charge in [-0.3, -0.25) is 9.59 Å². The van der Waals surface area contributed by atoms with Crippen LogP contribution >= 0.6 is 0 Å². The van der Waals surface area contributed by atoms with Gasteiger partial charge in [0.05, 0.1) is 0 Å². The summed E-state index contributed by atoms with van der Waals surface area (Å²) in [6, 6.07) is 28.4. The summed E-state index contributed by atoms with van der Waals surface area (Å²) in [5, 5.41) is 3.64. The van der Waals surface area contributed by atoms with Crippen LogP contribution in [-0.2, 0) is 6.42 Å². The van der Waals surface area contributed by atoms with Crippen molar-refractivity contribution < 1.29 is 9.59 Å². The minimum absolute atomic E-state index is 0.0895. The third kappa shape index (κ3) is 4.99. The Morgan fingerprint density at radius 1 is 0.667 bits per heavy atom. The van der Waals surface area contributed by atoms with Gasteiger partial charge in [0.1, 0.15) is 0 Å². The molecular weight excluding hydrogens is 410 g/mol. The zero-order chi connectivity index (χ0) is 22.6. The highest BCUT2D eigenvalue weighted by atomic mass is 16.2. The van der Waals surface area contributed by atoms with Gasteiger partial charge < -0.3 is 15.1 Å². The predicted molar refractivity (Wildman–Crippen MR) is 129 cm³/mol. The summed E-state index contributed by atoms with van der Waals surface area (Å²) in [7, 11) is 0. The van der Waals surface area contributed by atoms with Gasteiger partial charge in [0.15, 0.2) is 0 Å². The molecule has 1 atom stereocenters. The normalized spacial score (nSPS) is 18.2. The molecule has 5 heteroatoms. The number of hydrogen-bond donors (Lipinski definition) is 1. The standard InChI is InChI=1S/C28H29N3O2/c32-27(23-9-5-2-6-10-23)30-16-15-25(18-30)29-26-19-31(20-26)28(33)24-13-11-22(12-14-24)17-21-7-3-1-4-8-21/h1-14,25-26,29H,15-20H2/t25-/m1/s1. The zero-order valence-electron chi connectivity index (χ0n) is 18.7. The van der Waals surface area contributed by atoms with Gasteiger partial charge in [-0.15, -0.1) is 0 Å². The molecule has 5 nitrogen and oxygen atoms in total. The summed E-state index contributed by atoms with van der Waals surface area (Å²) in [5.74, 6) is 0.188. The first-order chi connectivity index (χ1) is 16.2. The lowest BCUT2D eigenvalue weighted by Gasteiger charge is -2.41. The monoisotopic (exact) mass is 439 g/mol. The average molecular weight is 440 g/mol. The van der Waals surface area contributed by atoms with Crippen LogP contribution in [0, 0.1) is 0 Å². The second-order valence-corrected chi connectivity index (χ2v) is 9.04. The predicted octanol–water partition coefficient (Wildman–Crippen LogP) is 3.61. The minimum Gasteiger partial charge on any atom is -0.337 e. The van der Waals surface area contributed by atoms with E-state index < -0.39 is 0 Å². The fourth-order valence-corrected chi connectivity index (χ4v) is 4.71. The van der Waals surface area contributed by atoms with Crippen molar-refractivity contribution in [1.29, 1.82) is 0 Å². The lowest BCUT2D eigenvalue weighted by atomic mass is 10.0. The average Bonchev–Trinajstić information content (AvgIpc) is 3.31. The van der Waals surface area contributed by atoms with Crippen molar-refractivity contribution in [2.24, 2.45) is 0 Å². The van der Waals surface area contributed by atoms with E-state index in [2.05, 4.69) is 17.4 Å². The molecule has 0 aliphatic carbocycles. The quantitative estimate of drug-likeness (QED) is 0.639. The van der Waals surface area contributed by atoms with Crippen LogP contribution in [0.15, 0.2) is 84.9 Å². The number of amides is 2. The van der Waals surface area contributed by atoms with E-state index in [4.69, 9.17) is 0 Å². The number of nitrogens with one attached hydrogen (secondary N) is 1. The van der Waals surface area contributed by atoms with Gasteiger partial charge in [-0.2, -0.15) is 0 Å². The molecule has 1 N–H and O–H groups in total. The summed E-state index contributed by atoms with van der Waals surface area (Å²) >= 11 is 0. The number of likely N-dealkylation sites (tertiary alicyclic amines) is 2. The largest absolute Gasteiger partial charge is 0.337 e. The fraction of sp³-hybridized carbons (Fsp3) is 0.286. The van der Waals surface area contributed by atoms with Gasteiger partial charge in [-0.1, -0.05) is 60.7 Å². The van der Waals surface area contributed by atoms with E-state index in [1.165, 1.54) is 11.1 Å². The molecule has 0 radical (unpaired) electrons. The maximum atomic E-state index is 12.8. The second-order valence-electron chi connectivity index (χ2n) is 9.04. The molecule has 2 saturated heterocycles. The van der Waals surface area contributed by atoms with E-state index in [1.807, 2.05) is 82.6 Å². The van der Waals surface area contributed by atoms with E-state index in [-0.39, 0.29) is 17.9 Å². The van der Waals surface area contributed by atoms with E-state index in [1.54, 1.807) is 0 Å². The lowest BCUT2D eigenvalue weighted by molar-refractivity contribution is 0.0552. The molecule has 3 aromatic rings. The SMILES string of the molecule is O=C(c1ccc(Cc2ccccc2)cc1)N1CC(N[C@@H]2CCN(C(=O)c3ccccc3)C2)C1. The Morgan fingerprint density at radius 2 is 1.21 bits per heavy atom. The Morgan fingerprint density at radius 3 is 1.91 bits per heavy atom. The van der Waals surface area contributed by atoms with E-state index in [0.717, 1.165) is 37.1 Å². The Labute approximate surface area is 195 Å². The molecular formula is C28H29N3O2. The molecule has 0 spiro atoms. The van der Waals surface area contributed by atoms with Crippen molar-refractivity contribution in [2.45, 2.75) is 24.9 Å². The highest BCUT2D eigenvalue weighted by Crippen LogP contribution is 2.19. The summed E-state index contributed by atoms with van der Waals surface area (Å²) in [6.07, 6.45) is 1.82. The molecule has 0 aromatic heterocycles. The molecule has 2 amide bonds. The summed E-state index contributed by atoms with van der Waals surface area (Å²) in [4.78, 5) is 29.3. The van der Waals surface area contributed by atoms with Gasteiger partial charge in [0.2, 0.25) is 0 Å². The Hall–Kier alpha value is -3.44. The molecule has 33 heavy (non-hydrogen) atoms. The van der Waals surface area contributed by atoms with Crippen molar-refractivity contribution >= 4 is 11.8 Å². The van der Waals surface area contributed by atoms with Crippen LogP contribution in [0.25, 0.3) is 0 Å². The molecule has 2 heterocycles. The minimum atomic E-state index is 0.0895. The summed E-state index contributed by atoms with van der Waals surface area (Å²) in [5.41, 5.74) is 3.96. The Bertz CT molecular complexity index is 1090. The van der Waals surface area contributed by atoms with Crippen LogP contribution in [0.2, 0.25) is 0 Å². The number of rotatable bonds is 6. The first-order valence-corrected chi connectivity index (χ1v) is 11.7. The summed E-state index contributed by atoms with van der Waals surface area (Å²) < 4.78 is 0. The highest BCUT2D eigenvalue weighted by Gasteiger charge is 2.35. The first-order valence-electron chi connectivity index (χ1n) is 11.7. The molecule has 0 unspecified atom stereocenters. The first kappa shape index (κ1) is 21.4. The van der Waals surface area contributed by atoms with Crippen LogP contribution in [0.4, 0.5) is 0 Å². The molecule has 0 bridgehead atoms. The summed E-state index contributed by atoms with van der Waals surface area (Å²) in [6.45, 7) is 2.93. The van der Waals surface area contributed by atoms with Gasteiger partial charge in [0.25, 0.3) is 11.8 Å². The van der Waals surface area contributed by atoms with E-state index >= 15 is 0 Å². The van der Waals surface area contributed by atoms with Gasteiger partial charge >= 0.3 is 0 Å². The molecule has 168 valence electrons. The second kappa shape index (κ2) is 9.59. The van der Waals surface area contributed by atoms with Crippen molar-refractivity contribution in [3.8, 4) is 0 Å². The van der Waals surface area contributed by atoms with Crippen LogP contribution < -0.4 is 5.32 Å². The number of hydrogen-bond acceptors (Lipinski definition) is 3. The molecule has 2 aliphatic heterocycles. The van der Waals surface area contributed by atoms with Crippen molar-refractivity contribution in [2.75, 3.05) is 26.2 Å². The lowest BCUT2D eigenvalue weighted by Crippen LogP contribution is -2.62.